The van der Waals surface area contributed by atoms with Gasteiger partial charge in [0.1, 0.15) is 0 Å². The van der Waals surface area contributed by atoms with E-state index >= 15 is 0 Å². The average molecular weight is 229 g/mol. The summed E-state index contributed by atoms with van der Waals surface area (Å²) in [7, 11) is 0. The maximum absolute atomic E-state index is 10.5. The molecule has 0 saturated heterocycles. The number of benzene rings is 1. The minimum atomic E-state index is -0.466. The van der Waals surface area contributed by atoms with Crippen molar-refractivity contribution in [2.45, 2.75) is 25.8 Å². The second-order valence-electron chi connectivity index (χ2n) is 3.61. The van der Waals surface area contributed by atoms with Crippen LogP contribution in [0, 0.1) is 10.1 Å². The summed E-state index contributed by atoms with van der Waals surface area (Å²) in [6.45, 7) is 3.82. The summed E-state index contributed by atoms with van der Waals surface area (Å²) in [5, 5.41) is 10.9. The molecular weight excluding hydrogens is 216 g/mol. The minimum absolute atomic E-state index is 0.000578. The van der Waals surface area contributed by atoms with E-state index in [-0.39, 0.29) is 17.6 Å². The summed E-state index contributed by atoms with van der Waals surface area (Å²) >= 11 is 5.95. The first-order valence-electron chi connectivity index (χ1n) is 4.63. The maximum Gasteiger partial charge on any atom is 0.270 e. The Kier molecular flexibility index (Phi) is 3.66. The second kappa shape index (κ2) is 4.59. The fraction of sp³-hybridized carbons (Fsp3) is 0.400. The molecule has 2 N–H and O–H groups in total. The first-order valence-corrected chi connectivity index (χ1v) is 5.00. The molecule has 15 heavy (non-hydrogen) atoms. The Hall–Kier alpha value is -1.13. The van der Waals surface area contributed by atoms with Crippen molar-refractivity contribution in [3.63, 3.8) is 0 Å². The highest BCUT2D eigenvalue weighted by molar-refractivity contribution is 6.31. The van der Waals surface area contributed by atoms with Crippen molar-refractivity contribution >= 4 is 17.3 Å². The van der Waals surface area contributed by atoms with Crippen LogP contribution >= 0.6 is 11.6 Å². The zero-order valence-electron chi connectivity index (χ0n) is 8.61. The van der Waals surface area contributed by atoms with Gasteiger partial charge in [0.05, 0.1) is 9.95 Å². The van der Waals surface area contributed by atoms with Gasteiger partial charge in [0.25, 0.3) is 5.69 Å². The number of halogens is 1. The number of nitrogens with zero attached hydrogens (tertiary/aromatic N) is 1. The van der Waals surface area contributed by atoms with E-state index in [1.54, 1.807) is 6.07 Å². The summed E-state index contributed by atoms with van der Waals surface area (Å²) in [5.41, 5.74) is 6.59. The molecule has 2 atom stereocenters. The molecule has 0 fully saturated rings. The lowest BCUT2D eigenvalue weighted by Crippen LogP contribution is -2.22. The highest BCUT2D eigenvalue weighted by Crippen LogP contribution is 2.29. The van der Waals surface area contributed by atoms with E-state index in [0.29, 0.717) is 5.02 Å². The van der Waals surface area contributed by atoms with Crippen LogP contribution in [0.15, 0.2) is 18.2 Å². The SMILES string of the molecule is CC(N)C(C)c1ccc([N+](=O)[O-])cc1Cl. The Labute approximate surface area is 93.2 Å². The van der Waals surface area contributed by atoms with Crippen LogP contribution in [0.2, 0.25) is 5.02 Å². The summed E-state index contributed by atoms with van der Waals surface area (Å²) in [6, 6.07) is 4.42. The van der Waals surface area contributed by atoms with Gasteiger partial charge in [0, 0.05) is 18.2 Å². The first-order chi connectivity index (χ1) is 6.93. The minimum Gasteiger partial charge on any atom is -0.327 e. The molecule has 0 bridgehead atoms. The number of nitrogens with two attached hydrogens (primary N) is 1. The van der Waals surface area contributed by atoms with Gasteiger partial charge in [-0.05, 0) is 18.4 Å². The number of hydrogen-bond donors (Lipinski definition) is 1. The molecular formula is C10H13ClN2O2. The Bertz CT molecular complexity index is 380. The van der Waals surface area contributed by atoms with Crippen molar-refractivity contribution in [3.05, 3.63) is 38.9 Å². The Balaban J connectivity index is 3.08. The van der Waals surface area contributed by atoms with Crippen LogP contribution < -0.4 is 5.73 Å². The van der Waals surface area contributed by atoms with E-state index in [9.17, 15) is 10.1 Å². The van der Waals surface area contributed by atoms with Crippen LogP contribution in [-0.2, 0) is 0 Å². The zero-order valence-corrected chi connectivity index (χ0v) is 9.36. The van der Waals surface area contributed by atoms with Crippen LogP contribution in [0.25, 0.3) is 0 Å². The molecule has 0 aliphatic rings. The lowest BCUT2D eigenvalue weighted by atomic mass is 9.95. The number of nitro benzene ring substituents is 1. The topological polar surface area (TPSA) is 69.2 Å². The lowest BCUT2D eigenvalue weighted by molar-refractivity contribution is -0.384. The summed E-state index contributed by atoms with van der Waals surface area (Å²) < 4.78 is 0. The van der Waals surface area contributed by atoms with Crippen molar-refractivity contribution in [1.29, 1.82) is 0 Å². The van der Waals surface area contributed by atoms with Gasteiger partial charge >= 0.3 is 0 Å². The fourth-order valence-electron chi connectivity index (χ4n) is 1.28. The second-order valence-corrected chi connectivity index (χ2v) is 4.02. The van der Waals surface area contributed by atoms with Gasteiger partial charge in [-0.2, -0.15) is 0 Å². The summed E-state index contributed by atoms with van der Waals surface area (Å²) in [5.74, 6) is 0.0818. The highest BCUT2D eigenvalue weighted by atomic mass is 35.5. The number of nitro groups is 1. The molecule has 0 radical (unpaired) electrons. The monoisotopic (exact) mass is 228 g/mol. The van der Waals surface area contributed by atoms with Gasteiger partial charge in [0.2, 0.25) is 0 Å². The molecule has 2 unspecified atom stereocenters. The summed E-state index contributed by atoms with van der Waals surface area (Å²) in [4.78, 5) is 10.0. The summed E-state index contributed by atoms with van der Waals surface area (Å²) in [6.07, 6.45) is 0. The van der Waals surface area contributed by atoms with Crippen LogP contribution in [0.4, 0.5) is 5.69 Å². The predicted octanol–water partition coefficient (Wildman–Crippen LogP) is 2.70. The van der Waals surface area contributed by atoms with Crippen molar-refractivity contribution in [2.24, 2.45) is 5.73 Å². The molecule has 1 rings (SSSR count). The molecule has 4 nitrogen and oxygen atoms in total. The molecule has 0 amide bonds. The van der Waals surface area contributed by atoms with E-state index in [2.05, 4.69) is 0 Å². The van der Waals surface area contributed by atoms with E-state index in [0.717, 1.165) is 5.56 Å². The van der Waals surface area contributed by atoms with E-state index in [4.69, 9.17) is 17.3 Å². The molecule has 0 aromatic heterocycles. The zero-order chi connectivity index (χ0) is 11.6. The van der Waals surface area contributed by atoms with Gasteiger partial charge in [0.15, 0.2) is 0 Å². The smallest absolute Gasteiger partial charge is 0.270 e. The van der Waals surface area contributed by atoms with E-state index in [1.165, 1.54) is 12.1 Å². The fourth-order valence-corrected chi connectivity index (χ4v) is 1.63. The molecule has 0 aliphatic carbocycles. The van der Waals surface area contributed by atoms with Crippen LogP contribution in [0.1, 0.15) is 25.3 Å². The maximum atomic E-state index is 10.5. The van der Waals surface area contributed by atoms with Gasteiger partial charge in [-0.15, -0.1) is 0 Å². The largest absolute Gasteiger partial charge is 0.327 e. The van der Waals surface area contributed by atoms with Gasteiger partial charge < -0.3 is 5.73 Å². The van der Waals surface area contributed by atoms with Crippen LogP contribution in [-0.4, -0.2) is 11.0 Å². The normalized spacial score (nSPS) is 14.7. The van der Waals surface area contributed by atoms with Crippen molar-refractivity contribution in [2.75, 3.05) is 0 Å². The van der Waals surface area contributed by atoms with Crippen LogP contribution in [0.3, 0.4) is 0 Å². The van der Waals surface area contributed by atoms with Crippen molar-refractivity contribution in [1.82, 2.24) is 0 Å². The predicted molar refractivity (Wildman–Crippen MR) is 60.2 cm³/mol. The van der Waals surface area contributed by atoms with Crippen molar-refractivity contribution in [3.8, 4) is 0 Å². The molecule has 1 aromatic carbocycles. The molecule has 0 aliphatic heterocycles. The molecule has 0 saturated carbocycles. The lowest BCUT2D eigenvalue weighted by Gasteiger charge is -2.16. The quantitative estimate of drug-likeness (QED) is 0.639. The Morgan fingerprint density at radius 2 is 2.07 bits per heavy atom. The number of non-ortho nitro benzene ring substituents is 1. The Morgan fingerprint density at radius 1 is 1.47 bits per heavy atom. The Morgan fingerprint density at radius 3 is 2.47 bits per heavy atom. The molecule has 5 heteroatoms. The van der Waals surface area contributed by atoms with Gasteiger partial charge in [-0.25, -0.2) is 0 Å². The molecule has 1 aromatic rings. The standard InChI is InChI=1S/C10H13ClN2O2/c1-6(7(2)12)9-4-3-8(13(14)15)5-10(9)11/h3-7H,12H2,1-2H3. The number of rotatable bonds is 3. The van der Waals surface area contributed by atoms with Crippen molar-refractivity contribution < 1.29 is 4.92 Å². The highest BCUT2D eigenvalue weighted by Gasteiger charge is 2.16. The third kappa shape index (κ3) is 2.67. The van der Waals surface area contributed by atoms with Gasteiger partial charge in [-0.1, -0.05) is 24.6 Å². The van der Waals surface area contributed by atoms with E-state index in [1.807, 2.05) is 13.8 Å². The average Bonchev–Trinajstić information content (AvgIpc) is 2.16. The molecule has 0 heterocycles. The molecule has 0 spiro atoms. The van der Waals surface area contributed by atoms with Crippen LogP contribution in [0.5, 0.6) is 0 Å². The third-order valence-electron chi connectivity index (χ3n) is 2.47. The van der Waals surface area contributed by atoms with E-state index < -0.39 is 4.92 Å². The molecule has 82 valence electrons. The third-order valence-corrected chi connectivity index (χ3v) is 2.80. The number of hydrogen-bond acceptors (Lipinski definition) is 3. The first kappa shape index (κ1) is 11.9. The van der Waals surface area contributed by atoms with Gasteiger partial charge in [-0.3, -0.25) is 10.1 Å².